The molecule has 2 aromatic heterocycles. The van der Waals surface area contributed by atoms with E-state index in [1.54, 1.807) is 0 Å². The number of nitrogens with two attached hydrogens (primary N) is 3. The van der Waals surface area contributed by atoms with Crippen LogP contribution >= 0.6 is 11.8 Å². The van der Waals surface area contributed by atoms with Crippen molar-refractivity contribution in [3.63, 3.8) is 0 Å². The van der Waals surface area contributed by atoms with Crippen LogP contribution in [-0.4, -0.2) is 32.7 Å². The number of anilines is 4. The van der Waals surface area contributed by atoms with Gasteiger partial charge in [0.2, 0.25) is 5.91 Å². The van der Waals surface area contributed by atoms with E-state index in [9.17, 15) is 19.6 Å². The van der Waals surface area contributed by atoms with Crippen LogP contribution in [0.3, 0.4) is 0 Å². The second kappa shape index (κ2) is 10.6. The van der Waals surface area contributed by atoms with Crippen LogP contribution in [0.4, 0.5) is 23.0 Å². The molecule has 0 fully saturated rings. The maximum Gasteiger partial charge on any atom is 0.330 e. The molecular formula is C22H24N8O3S. The van der Waals surface area contributed by atoms with Gasteiger partial charge >= 0.3 is 5.69 Å². The summed E-state index contributed by atoms with van der Waals surface area (Å²) in [5, 5.41) is 9.57. The summed E-state index contributed by atoms with van der Waals surface area (Å²) in [5.74, 6) is -0.624. The van der Waals surface area contributed by atoms with Gasteiger partial charge in [0, 0.05) is 12.6 Å². The Balaban J connectivity index is 1.95. The molecule has 0 saturated heterocycles. The van der Waals surface area contributed by atoms with E-state index in [0.717, 1.165) is 17.3 Å². The van der Waals surface area contributed by atoms with Crippen molar-refractivity contribution in [2.24, 2.45) is 0 Å². The number of aromatic nitrogens is 3. The lowest BCUT2D eigenvalue weighted by Crippen LogP contribution is -2.42. The lowest BCUT2D eigenvalue weighted by atomic mass is 10.2. The van der Waals surface area contributed by atoms with Gasteiger partial charge in [-0.15, -0.1) is 0 Å². The number of aromatic amines is 1. The van der Waals surface area contributed by atoms with Crippen molar-refractivity contribution < 1.29 is 4.79 Å². The van der Waals surface area contributed by atoms with E-state index in [1.807, 2.05) is 43.3 Å². The summed E-state index contributed by atoms with van der Waals surface area (Å²) in [7, 11) is 0. The zero-order chi connectivity index (χ0) is 24.8. The first-order valence-corrected chi connectivity index (χ1v) is 11.3. The summed E-state index contributed by atoms with van der Waals surface area (Å²) in [6, 6.07) is 12.4. The van der Waals surface area contributed by atoms with Crippen LogP contribution < -0.4 is 33.3 Å². The Bertz CT molecular complexity index is 1360. The predicted octanol–water partition coefficient (Wildman–Crippen LogP) is 1.13. The lowest BCUT2D eigenvalue weighted by Gasteiger charge is -2.24. The summed E-state index contributed by atoms with van der Waals surface area (Å²) in [6.45, 7) is 2.15. The SMILES string of the molecule is CCCN(C(=O)CSc1nc(N)cc(N)c1C#N)c1c(N)n(Cc2ccccc2)c(=O)[nH]c1=O. The molecular weight excluding hydrogens is 456 g/mol. The van der Waals surface area contributed by atoms with Gasteiger partial charge in [-0.1, -0.05) is 49.0 Å². The first-order valence-electron chi connectivity index (χ1n) is 10.3. The van der Waals surface area contributed by atoms with Crippen molar-refractivity contribution in [2.45, 2.75) is 24.9 Å². The maximum absolute atomic E-state index is 13.2. The van der Waals surface area contributed by atoms with E-state index in [4.69, 9.17) is 17.2 Å². The molecule has 2 heterocycles. The fourth-order valence-electron chi connectivity index (χ4n) is 3.33. The normalized spacial score (nSPS) is 10.6. The third-order valence-electron chi connectivity index (χ3n) is 4.90. The number of H-pyrrole nitrogens is 1. The van der Waals surface area contributed by atoms with Crippen molar-refractivity contribution in [2.75, 3.05) is 34.4 Å². The number of hydrogen-bond donors (Lipinski definition) is 4. The van der Waals surface area contributed by atoms with Gasteiger partial charge in [-0.05, 0) is 12.0 Å². The van der Waals surface area contributed by atoms with Crippen LogP contribution in [0.15, 0.2) is 51.0 Å². The number of carbonyl (C=O) groups excluding carboxylic acids is 1. The minimum Gasteiger partial charge on any atom is -0.397 e. The number of nitrogen functional groups attached to an aromatic ring is 3. The standard InChI is InChI=1S/C22H24N8O3S/c1-2-8-29(17(31)12-34-21-14(10-23)15(24)9-16(25)27-21)18-19(26)30(22(33)28-20(18)32)11-13-6-4-3-5-7-13/h3-7,9H,2,8,11-12,26H2,1H3,(H4,24,25,27)(H,28,32,33). The average Bonchev–Trinajstić information content (AvgIpc) is 2.80. The van der Waals surface area contributed by atoms with Crippen molar-refractivity contribution >= 4 is 40.7 Å². The molecule has 0 aliphatic carbocycles. The van der Waals surface area contributed by atoms with Crippen LogP contribution in [0.5, 0.6) is 0 Å². The molecule has 0 bridgehead atoms. The highest BCUT2D eigenvalue weighted by atomic mass is 32.2. The number of hydrogen-bond acceptors (Lipinski definition) is 9. The van der Waals surface area contributed by atoms with Crippen LogP contribution in [0.25, 0.3) is 0 Å². The first-order chi connectivity index (χ1) is 16.3. The molecule has 1 amide bonds. The quantitative estimate of drug-likeness (QED) is 0.342. The van der Waals surface area contributed by atoms with Crippen LogP contribution in [-0.2, 0) is 11.3 Å². The molecule has 0 unspecified atom stereocenters. The third kappa shape index (κ3) is 5.21. The van der Waals surface area contributed by atoms with Gasteiger partial charge in [0.15, 0.2) is 5.69 Å². The van der Waals surface area contributed by atoms with Gasteiger partial charge in [0.1, 0.15) is 28.3 Å². The lowest BCUT2D eigenvalue weighted by molar-refractivity contribution is -0.116. The molecule has 3 rings (SSSR count). The molecule has 34 heavy (non-hydrogen) atoms. The summed E-state index contributed by atoms with van der Waals surface area (Å²) in [5.41, 5.74) is 17.3. The van der Waals surface area contributed by atoms with Crippen molar-refractivity contribution in [3.8, 4) is 6.07 Å². The highest BCUT2D eigenvalue weighted by molar-refractivity contribution is 8.00. The monoisotopic (exact) mass is 480 g/mol. The molecule has 0 spiro atoms. The summed E-state index contributed by atoms with van der Waals surface area (Å²) in [6.07, 6.45) is 0.528. The predicted molar refractivity (Wildman–Crippen MR) is 132 cm³/mol. The Kier molecular flexibility index (Phi) is 7.60. The molecule has 3 aromatic rings. The molecule has 0 aliphatic rings. The Morgan fingerprint density at radius 3 is 2.59 bits per heavy atom. The van der Waals surface area contributed by atoms with Gasteiger partial charge in [-0.2, -0.15) is 5.26 Å². The maximum atomic E-state index is 13.2. The second-order valence-electron chi connectivity index (χ2n) is 7.33. The molecule has 1 aromatic carbocycles. The van der Waals surface area contributed by atoms with Crippen LogP contribution in [0.1, 0.15) is 24.5 Å². The zero-order valence-electron chi connectivity index (χ0n) is 18.4. The van der Waals surface area contributed by atoms with E-state index in [0.29, 0.717) is 6.42 Å². The smallest absolute Gasteiger partial charge is 0.330 e. The van der Waals surface area contributed by atoms with E-state index >= 15 is 0 Å². The third-order valence-corrected chi connectivity index (χ3v) is 5.86. The highest BCUT2D eigenvalue weighted by Gasteiger charge is 2.24. The minimum atomic E-state index is -0.761. The highest BCUT2D eigenvalue weighted by Crippen LogP contribution is 2.27. The largest absolute Gasteiger partial charge is 0.397 e. The van der Waals surface area contributed by atoms with Gasteiger partial charge in [-0.25, -0.2) is 9.78 Å². The molecule has 0 radical (unpaired) electrons. The molecule has 11 nitrogen and oxygen atoms in total. The fourth-order valence-corrected chi connectivity index (χ4v) is 4.23. The Labute approximate surface area is 199 Å². The first kappa shape index (κ1) is 24.4. The van der Waals surface area contributed by atoms with E-state index < -0.39 is 17.2 Å². The molecule has 176 valence electrons. The number of nitrogens with one attached hydrogen (secondary N) is 1. The van der Waals surface area contributed by atoms with Gasteiger partial charge in [0.25, 0.3) is 5.56 Å². The Morgan fingerprint density at radius 1 is 1.24 bits per heavy atom. The number of nitriles is 1. The second-order valence-corrected chi connectivity index (χ2v) is 8.29. The average molecular weight is 481 g/mol. The molecule has 7 N–H and O–H groups in total. The molecule has 12 heteroatoms. The number of nitrogens with zero attached hydrogens (tertiary/aromatic N) is 4. The number of rotatable bonds is 8. The summed E-state index contributed by atoms with van der Waals surface area (Å²) >= 11 is 0.972. The number of amides is 1. The number of carbonyl (C=O) groups is 1. The molecule has 0 saturated carbocycles. The topological polar surface area (TPSA) is 190 Å². The fraction of sp³-hybridized carbons (Fsp3) is 0.227. The van der Waals surface area contributed by atoms with Crippen molar-refractivity contribution in [1.29, 1.82) is 5.26 Å². The zero-order valence-corrected chi connectivity index (χ0v) is 19.3. The number of benzene rings is 1. The van der Waals surface area contributed by atoms with Gasteiger partial charge in [-0.3, -0.25) is 19.1 Å². The number of thioether (sulfide) groups is 1. The molecule has 0 aliphatic heterocycles. The summed E-state index contributed by atoms with van der Waals surface area (Å²) < 4.78 is 1.21. The van der Waals surface area contributed by atoms with Crippen molar-refractivity contribution in [3.05, 3.63) is 68.4 Å². The van der Waals surface area contributed by atoms with Crippen LogP contribution in [0, 0.1) is 11.3 Å². The summed E-state index contributed by atoms with van der Waals surface area (Å²) in [4.78, 5) is 45.9. The van der Waals surface area contributed by atoms with E-state index in [-0.39, 0.29) is 52.4 Å². The Morgan fingerprint density at radius 2 is 1.94 bits per heavy atom. The van der Waals surface area contributed by atoms with E-state index in [2.05, 4.69) is 9.97 Å². The van der Waals surface area contributed by atoms with Gasteiger partial charge < -0.3 is 22.1 Å². The molecule has 0 atom stereocenters. The van der Waals surface area contributed by atoms with Crippen molar-refractivity contribution in [1.82, 2.24) is 14.5 Å². The minimum absolute atomic E-state index is 0.108. The van der Waals surface area contributed by atoms with E-state index in [1.165, 1.54) is 15.5 Å². The Hall–Kier alpha value is -4.24. The number of pyridine rings is 1. The van der Waals surface area contributed by atoms with Crippen LogP contribution in [0.2, 0.25) is 0 Å². The van der Waals surface area contributed by atoms with Gasteiger partial charge in [0.05, 0.1) is 18.0 Å².